The van der Waals surface area contributed by atoms with Crippen LogP contribution in [0, 0.1) is 11.8 Å². The molecule has 3 N–H and O–H groups in total. The molecular formula is C23H28N2O4. The van der Waals surface area contributed by atoms with Crippen LogP contribution < -0.4 is 10.6 Å². The van der Waals surface area contributed by atoms with Crippen molar-refractivity contribution < 1.29 is 19.5 Å². The van der Waals surface area contributed by atoms with Crippen LogP contribution in [0.3, 0.4) is 0 Å². The zero-order valence-corrected chi connectivity index (χ0v) is 17.0. The van der Waals surface area contributed by atoms with Crippen molar-refractivity contribution in [3.05, 3.63) is 65.7 Å². The monoisotopic (exact) mass is 396 g/mol. The number of benzene rings is 2. The SMILES string of the molecule is CC(C)CC(=O)NC(C(=O)Nc1ccc(CC(C)C(=O)O)cc1)c1ccccc1. The van der Waals surface area contributed by atoms with Crippen LogP contribution in [0.4, 0.5) is 5.69 Å². The summed E-state index contributed by atoms with van der Waals surface area (Å²) in [7, 11) is 0. The van der Waals surface area contributed by atoms with Crippen LogP contribution in [-0.4, -0.2) is 22.9 Å². The van der Waals surface area contributed by atoms with Crippen LogP contribution in [-0.2, 0) is 20.8 Å². The second-order valence-corrected chi connectivity index (χ2v) is 7.64. The van der Waals surface area contributed by atoms with Gasteiger partial charge in [-0.2, -0.15) is 0 Å². The van der Waals surface area contributed by atoms with Crippen LogP contribution in [0.5, 0.6) is 0 Å². The molecule has 154 valence electrons. The fraction of sp³-hybridized carbons (Fsp3) is 0.348. The van der Waals surface area contributed by atoms with Crippen molar-refractivity contribution in [3.63, 3.8) is 0 Å². The van der Waals surface area contributed by atoms with Gasteiger partial charge in [0.05, 0.1) is 5.92 Å². The number of hydrogen-bond donors (Lipinski definition) is 3. The Morgan fingerprint density at radius 2 is 1.55 bits per heavy atom. The van der Waals surface area contributed by atoms with Gasteiger partial charge in [0.2, 0.25) is 5.91 Å². The van der Waals surface area contributed by atoms with E-state index in [1.807, 2.05) is 32.0 Å². The molecule has 2 aromatic carbocycles. The van der Waals surface area contributed by atoms with Gasteiger partial charge in [0.15, 0.2) is 0 Å². The standard InChI is InChI=1S/C23H28N2O4/c1-15(2)13-20(26)25-21(18-7-5-4-6-8-18)22(27)24-19-11-9-17(10-12-19)14-16(3)23(28)29/h4-12,15-16,21H,13-14H2,1-3H3,(H,24,27)(H,25,26)(H,28,29). The predicted octanol–water partition coefficient (Wildman–Crippen LogP) is 3.79. The summed E-state index contributed by atoms with van der Waals surface area (Å²) in [6, 6.07) is 15.4. The number of aliphatic carboxylic acids is 1. The molecule has 2 aromatic rings. The summed E-state index contributed by atoms with van der Waals surface area (Å²) < 4.78 is 0. The molecule has 2 unspecified atom stereocenters. The number of carbonyl (C=O) groups excluding carboxylic acids is 2. The fourth-order valence-electron chi connectivity index (χ4n) is 2.92. The number of rotatable bonds is 9. The van der Waals surface area contributed by atoms with E-state index < -0.39 is 17.9 Å². The van der Waals surface area contributed by atoms with E-state index in [2.05, 4.69) is 10.6 Å². The van der Waals surface area contributed by atoms with E-state index in [0.29, 0.717) is 24.1 Å². The molecular weight excluding hydrogens is 368 g/mol. The maximum atomic E-state index is 12.9. The lowest BCUT2D eigenvalue weighted by Gasteiger charge is -2.20. The molecule has 2 rings (SSSR count). The van der Waals surface area contributed by atoms with Crippen LogP contribution in [0.25, 0.3) is 0 Å². The lowest BCUT2D eigenvalue weighted by atomic mass is 10.0. The van der Waals surface area contributed by atoms with Crippen molar-refractivity contribution in [1.29, 1.82) is 0 Å². The Kier molecular flexibility index (Phi) is 7.95. The minimum atomic E-state index is -0.842. The van der Waals surface area contributed by atoms with Crippen molar-refractivity contribution in [2.45, 2.75) is 39.7 Å². The van der Waals surface area contributed by atoms with Crippen LogP contribution in [0.15, 0.2) is 54.6 Å². The quantitative estimate of drug-likeness (QED) is 0.601. The molecule has 0 spiro atoms. The van der Waals surface area contributed by atoms with Gasteiger partial charge in [-0.15, -0.1) is 0 Å². The topological polar surface area (TPSA) is 95.5 Å². The number of anilines is 1. The van der Waals surface area contributed by atoms with Gasteiger partial charge in [0.1, 0.15) is 6.04 Å². The van der Waals surface area contributed by atoms with Gasteiger partial charge < -0.3 is 15.7 Å². The van der Waals surface area contributed by atoms with Gasteiger partial charge in [0.25, 0.3) is 5.91 Å². The molecule has 2 atom stereocenters. The summed E-state index contributed by atoms with van der Waals surface area (Å²) in [6.07, 6.45) is 0.758. The average Bonchev–Trinajstić information content (AvgIpc) is 2.67. The third-order valence-corrected chi connectivity index (χ3v) is 4.48. The second kappa shape index (κ2) is 10.4. The molecule has 6 nitrogen and oxygen atoms in total. The molecule has 0 saturated heterocycles. The third-order valence-electron chi connectivity index (χ3n) is 4.48. The summed E-state index contributed by atoms with van der Waals surface area (Å²) in [4.78, 5) is 36.1. The smallest absolute Gasteiger partial charge is 0.306 e. The van der Waals surface area contributed by atoms with Gasteiger partial charge in [-0.1, -0.05) is 63.2 Å². The Balaban J connectivity index is 2.10. The largest absolute Gasteiger partial charge is 0.481 e. The Bertz CT molecular complexity index is 832. The lowest BCUT2D eigenvalue weighted by molar-refractivity contribution is -0.141. The normalized spacial score (nSPS) is 12.8. The van der Waals surface area contributed by atoms with Crippen molar-refractivity contribution >= 4 is 23.5 Å². The highest BCUT2D eigenvalue weighted by Crippen LogP contribution is 2.18. The highest BCUT2D eigenvalue weighted by atomic mass is 16.4. The zero-order chi connectivity index (χ0) is 21.4. The first kappa shape index (κ1) is 22.1. The lowest BCUT2D eigenvalue weighted by Crippen LogP contribution is -2.37. The predicted molar refractivity (Wildman–Crippen MR) is 112 cm³/mol. The van der Waals surface area contributed by atoms with Gasteiger partial charge in [-0.3, -0.25) is 14.4 Å². The number of nitrogens with one attached hydrogen (secondary N) is 2. The highest BCUT2D eigenvalue weighted by molar-refractivity contribution is 5.97. The second-order valence-electron chi connectivity index (χ2n) is 7.64. The van der Waals surface area contributed by atoms with Gasteiger partial charge in [-0.25, -0.2) is 0 Å². The maximum absolute atomic E-state index is 12.9. The van der Waals surface area contributed by atoms with Crippen molar-refractivity contribution in [3.8, 4) is 0 Å². The Labute approximate surface area is 171 Å². The molecule has 0 aliphatic heterocycles. The molecule has 0 bridgehead atoms. The van der Waals surface area contributed by atoms with E-state index >= 15 is 0 Å². The number of carboxylic acid groups (broad SMARTS) is 1. The first-order valence-electron chi connectivity index (χ1n) is 9.73. The van der Waals surface area contributed by atoms with E-state index in [-0.39, 0.29) is 17.7 Å². The molecule has 0 aliphatic carbocycles. The summed E-state index contributed by atoms with van der Waals surface area (Å²) >= 11 is 0. The van der Waals surface area contributed by atoms with Crippen molar-refractivity contribution in [1.82, 2.24) is 5.32 Å². The van der Waals surface area contributed by atoms with Crippen LogP contribution in [0.1, 0.15) is 44.4 Å². The van der Waals surface area contributed by atoms with Gasteiger partial charge >= 0.3 is 5.97 Å². The van der Waals surface area contributed by atoms with E-state index in [4.69, 9.17) is 5.11 Å². The molecule has 0 heterocycles. The minimum absolute atomic E-state index is 0.179. The Hall–Kier alpha value is -3.15. The molecule has 29 heavy (non-hydrogen) atoms. The number of carboxylic acids is 1. The third kappa shape index (κ3) is 7.07. The van der Waals surface area contributed by atoms with E-state index in [9.17, 15) is 14.4 Å². The molecule has 0 saturated carbocycles. The summed E-state index contributed by atoms with van der Waals surface area (Å²) in [6.45, 7) is 5.55. The number of hydrogen-bond acceptors (Lipinski definition) is 3. The average molecular weight is 396 g/mol. The summed E-state index contributed by atoms with van der Waals surface area (Å²) in [5.74, 6) is -1.64. The van der Waals surface area contributed by atoms with E-state index in [1.54, 1.807) is 43.3 Å². The first-order valence-corrected chi connectivity index (χ1v) is 9.73. The van der Waals surface area contributed by atoms with E-state index in [0.717, 1.165) is 5.56 Å². The molecule has 0 aromatic heterocycles. The molecule has 6 heteroatoms. The summed E-state index contributed by atoms with van der Waals surface area (Å²) in [5, 5.41) is 14.7. The van der Waals surface area contributed by atoms with Gasteiger partial charge in [0, 0.05) is 12.1 Å². The van der Waals surface area contributed by atoms with Gasteiger partial charge in [-0.05, 0) is 35.6 Å². The van der Waals surface area contributed by atoms with Crippen molar-refractivity contribution in [2.75, 3.05) is 5.32 Å². The molecule has 0 aliphatic rings. The van der Waals surface area contributed by atoms with E-state index in [1.165, 1.54) is 0 Å². The van der Waals surface area contributed by atoms with Crippen LogP contribution >= 0.6 is 0 Å². The Morgan fingerprint density at radius 3 is 2.10 bits per heavy atom. The number of carbonyl (C=O) groups is 3. The zero-order valence-electron chi connectivity index (χ0n) is 17.0. The Morgan fingerprint density at radius 1 is 0.931 bits per heavy atom. The fourth-order valence-corrected chi connectivity index (χ4v) is 2.92. The minimum Gasteiger partial charge on any atom is -0.481 e. The molecule has 2 amide bonds. The first-order chi connectivity index (χ1) is 13.8. The van der Waals surface area contributed by atoms with Crippen molar-refractivity contribution in [2.24, 2.45) is 11.8 Å². The highest BCUT2D eigenvalue weighted by Gasteiger charge is 2.23. The molecule has 0 fully saturated rings. The molecule has 0 radical (unpaired) electrons. The summed E-state index contributed by atoms with van der Waals surface area (Å²) in [5.41, 5.74) is 2.16. The maximum Gasteiger partial charge on any atom is 0.306 e. The van der Waals surface area contributed by atoms with Crippen LogP contribution in [0.2, 0.25) is 0 Å². The number of amides is 2.